The van der Waals surface area contributed by atoms with E-state index in [-0.39, 0.29) is 18.2 Å². The Morgan fingerprint density at radius 2 is 2.35 bits per heavy atom. The van der Waals surface area contributed by atoms with Gasteiger partial charge in [0.1, 0.15) is 6.61 Å². The van der Waals surface area contributed by atoms with E-state index in [1.54, 1.807) is 35.3 Å². The van der Waals surface area contributed by atoms with E-state index in [4.69, 9.17) is 16.3 Å². The number of rotatable bonds is 4. The van der Waals surface area contributed by atoms with Crippen molar-refractivity contribution in [3.63, 3.8) is 0 Å². The topological polar surface area (TPSA) is 58.6 Å². The molecule has 2 amide bonds. The molecule has 0 atom stereocenters. The maximum absolute atomic E-state index is 11.9. The largest absolute Gasteiger partial charge is 0.458 e. The van der Waals surface area contributed by atoms with Gasteiger partial charge in [0.25, 0.3) is 0 Å². The zero-order chi connectivity index (χ0) is 14.5. The highest BCUT2D eigenvalue weighted by atomic mass is 35.5. The highest BCUT2D eigenvalue weighted by Crippen LogP contribution is 2.25. The number of urea groups is 1. The Hall–Kier alpha value is -2.01. The standard InChI is InChI=1S/C14H15ClN2O3/c1-2-3-8-20-13(18)11-9-10(4-5-12(11)15)17-7-6-16-14(17)19/h2-5,9H,6-8H2,1H3,(H,16,19)/b3-2+. The Labute approximate surface area is 122 Å². The SMILES string of the molecule is C/C=C/COC(=O)c1cc(N2CCNC2=O)ccc1Cl. The molecule has 1 saturated heterocycles. The number of anilines is 1. The van der Waals surface area contributed by atoms with E-state index >= 15 is 0 Å². The fourth-order valence-electron chi connectivity index (χ4n) is 1.85. The lowest BCUT2D eigenvalue weighted by Gasteiger charge is -2.15. The highest BCUT2D eigenvalue weighted by molar-refractivity contribution is 6.33. The van der Waals surface area contributed by atoms with Crippen molar-refractivity contribution in [2.45, 2.75) is 6.92 Å². The second kappa shape index (κ2) is 6.43. The van der Waals surface area contributed by atoms with Gasteiger partial charge in [-0.15, -0.1) is 0 Å². The molecule has 2 rings (SSSR count). The number of halogens is 1. The molecular formula is C14H15ClN2O3. The molecule has 106 valence electrons. The molecular weight excluding hydrogens is 280 g/mol. The van der Waals surface area contributed by atoms with Crippen LogP contribution in [0.15, 0.2) is 30.4 Å². The molecule has 0 saturated carbocycles. The van der Waals surface area contributed by atoms with Crippen molar-refractivity contribution in [2.24, 2.45) is 0 Å². The van der Waals surface area contributed by atoms with Crippen LogP contribution in [0.2, 0.25) is 5.02 Å². The number of nitrogens with zero attached hydrogens (tertiary/aromatic N) is 1. The first-order valence-electron chi connectivity index (χ1n) is 6.26. The van der Waals surface area contributed by atoms with E-state index in [0.29, 0.717) is 23.8 Å². The highest BCUT2D eigenvalue weighted by Gasteiger charge is 2.23. The van der Waals surface area contributed by atoms with Crippen LogP contribution >= 0.6 is 11.6 Å². The van der Waals surface area contributed by atoms with Crippen molar-refractivity contribution in [2.75, 3.05) is 24.6 Å². The second-order valence-corrected chi connectivity index (χ2v) is 4.62. The molecule has 1 aliphatic heterocycles. The number of amides is 2. The molecule has 0 aromatic heterocycles. The number of hydrogen-bond donors (Lipinski definition) is 1. The van der Waals surface area contributed by atoms with E-state index in [0.717, 1.165) is 0 Å². The van der Waals surface area contributed by atoms with Gasteiger partial charge in [-0.05, 0) is 25.1 Å². The van der Waals surface area contributed by atoms with Gasteiger partial charge in [-0.2, -0.15) is 0 Å². The Morgan fingerprint density at radius 1 is 1.55 bits per heavy atom. The zero-order valence-electron chi connectivity index (χ0n) is 11.1. The Morgan fingerprint density at radius 3 is 3.00 bits per heavy atom. The molecule has 0 aliphatic carbocycles. The van der Waals surface area contributed by atoms with Crippen molar-refractivity contribution in [3.8, 4) is 0 Å². The summed E-state index contributed by atoms with van der Waals surface area (Å²) >= 11 is 6.01. The zero-order valence-corrected chi connectivity index (χ0v) is 11.8. The van der Waals surface area contributed by atoms with Gasteiger partial charge in [-0.3, -0.25) is 4.90 Å². The van der Waals surface area contributed by atoms with Gasteiger partial charge in [0.15, 0.2) is 0 Å². The minimum absolute atomic E-state index is 0.180. The molecule has 1 aromatic rings. The summed E-state index contributed by atoms with van der Waals surface area (Å²) < 4.78 is 5.06. The first-order valence-corrected chi connectivity index (χ1v) is 6.64. The van der Waals surface area contributed by atoms with Crippen LogP contribution in [0.4, 0.5) is 10.5 Å². The van der Waals surface area contributed by atoms with Crippen LogP contribution in [0, 0.1) is 0 Å². The number of esters is 1. The molecule has 6 heteroatoms. The fourth-order valence-corrected chi connectivity index (χ4v) is 2.05. The van der Waals surface area contributed by atoms with Crippen molar-refractivity contribution in [3.05, 3.63) is 40.9 Å². The van der Waals surface area contributed by atoms with Gasteiger partial charge < -0.3 is 10.1 Å². The number of ether oxygens (including phenoxy) is 1. The van der Waals surface area contributed by atoms with E-state index < -0.39 is 5.97 Å². The number of hydrogen-bond acceptors (Lipinski definition) is 3. The average molecular weight is 295 g/mol. The molecule has 1 aromatic carbocycles. The first kappa shape index (κ1) is 14.4. The molecule has 0 spiro atoms. The molecule has 0 bridgehead atoms. The number of carbonyl (C=O) groups excluding carboxylic acids is 2. The van der Waals surface area contributed by atoms with Crippen LogP contribution in [0.3, 0.4) is 0 Å². The Bertz CT molecular complexity index is 557. The number of allylic oxidation sites excluding steroid dienone is 1. The lowest BCUT2D eigenvalue weighted by atomic mass is 10.2. The molecule has 1 heterocycles. The molecule has 0 radical (unpaired) electrons. The second-order valence-electron chi connectivity index (χ2n) is 4.22. The predicted octanol–water partition coefficient (Wildman–Crippen LogP) is 2.60. The van der Waals surface area contributed by atoms with Crippen molar-refractivity contribution >= 4 is 29.3 Å². The van der Waals surface area contributed by atoms with Crippen LogP contribution in [-0.2, 0) is 4.74 Å². The van der Waals surface area contributed by atoms with Gasteiger partial charge in [-0.1, -0.05) is 23.8 Å². The van der Waals surface area contributed by atoms with E-state index in [9.17, 15) is 9.59 Å². The predicted molar refractivity (Wildman–Crippen MR) is 77.3 cm³/mol. The van der Waals surface area contributed by atoms with Gasteiger partial charge in [0.2, 0.25) is 0 Å². The number of benzene rings is 1. The minimum atomic E-state index is -0.505. The first-order chi connectivity index (χ1) is 9.63. The van der Waals surface area contributed by atoms with E-state index in [1.165, 1.54) is 0 Å². The van der Waals surface area contributed by atoms with Gasteiger partial charge in [0, 0.05) is 18.8 Å². The average Bonchev–Trinajstić information content (AvgIpc) is 2.86. The fraction of sp³-hybridized carbons (Fsp3) is 0.286. The molecule has 5 nitrogen and oxygen atoms in total. The Kier molecular flexibility index (Phi) is 4.63. The third-order valence-corrected chi connectivity index (χ3v) is 3.21. The minimum Gasteiger partial charge on any atom is -0.458 e. The third-order valence-electron chi connectivity index (χ3n) is 2.88. The maximum atomic E-state index is 11.9. The summed E-state index contributed by atoms with van der Waals surface area (Å²) in [6, 6.07) is 4.69. The number of carbonyl (C=O) groups is 2. The molecule has 0 unspecified atom stereocenters. The lowest BCUT2D eigenvalue weighted by Crippen LogP contribution is -2.27. The summed E-state index contributed by atoms with van der Waals surface area (Å²) in [5.41, 5.74) is 0.885. The van der Waals surface area contributed by atoms with Crippen LogP contribution in [0.5, 0.6) is 0 Å². The summed E-state index contributed by atoms with van der Waals surface area (Å²) in [6.07, 6.45) is 3.52. The van der Waals surface area contributed by atoms with Crippen LogP contribution in [0.25, 0.3) is 0 Å². The van der Waals surface area contributed by atoms with E-state index in [2.05, 4.69) is 5.32 Å². The van der Waals surface area contributed by atoms with Crippen molar-refractivity contribution < 1.29 is 14.3 Å². The number of nitrogens with one attached hydrogen (secondary N) is 1. The Balaban J connectivity index is 2.20. The van der Waals surface area contributed by atoms with Gasteiger partial charge >= 0.3 is 12.0 Å². The van der Waals surface area contributed by atoms with Crippen molar-refractivity contribution in [1.29, 1.82) is 0 Å². The van der Waals surface area contributed by atoms with Crippen LogP contribution in [-0.4, -0.2) is 31.7 Å². The van der Waals surface area contributed by atoms with Gasteiger partial charge in [-0.25, -0.2) is 9.59 Å². The molecule has 1 N–H and O–H groups in total. The van der Waals surface area contributed by atoms with E-state index in [1.807, 2.05) is 6.92 Å². The van der Waals surface area contributed by atoms with Crippen LogP contribution in [0.1, 0.15) is 17.3 Å². The molecule has 1 fully saturated rings. The summed E-state index contributed by atoms with van der Waals surface area (Å²) in [4.78, 5) is 25.1. The summed E-state index contributed by atoms with van der Waals surface area (Å²) in [5, 5.41) is 3.01. The normalized spacial score (nSPS) is 14.7. The summed E-state index contributed by atoms with van der Waals surface area (Å²) in [5.74, 6) is -0.505. The smallest absolute Gasteiger partial charge is 0.340 e. The third kappa shape index (κ3) is 3.11. The summed E-state index contributed by atoms with van der Waals surface area (Å²) in [7, 11) is 0. The summed E-state index contributed by atoms with van der Waals surface area (Å²) in [6.45, 7) is 3.18. The molecule has 1 aliphatic rings. The molecule has 20 heavy (non-hydrogen) atoms. The van der Waals surface area contributed by atoms with Crippen molar-refractivity contribution in [1.82, 2.24) is 5.32 Å². The maximum Gasteiger partial charge on any atom is 0.340 e. The lowest BCUT2D eigenvalue weighted by molar-refractivity contribution is 0.0549. The van der Waals surface area contributed by atoms with Gasteiger partial charge in [0.05, 0.1) is 10.6 Å². The quantitative estimate of drug-likeness (QED) is 0.686. The monoisotopic (exact) mass is 294 g/mol. The van der Waals surface area contributed by atoms with Crippen LogP contribution < -0.4 is 10.2 Å².